The Balaban J connectivity index is 1.53. The van der Waals surface area contributed by atoms with Crippen LogP contribution in [0.4, 0.5) is 5.69 Å². The fraction of sp³-hybridized carbons (Fsp3) is 0.286. The number of nitrogens with one attached hydrogen (secondary N) is 1. The van der Waals surface area contributed by atoms with Crippen molar-refractivity contribution in [2.24, 2.45) is 0 Å². The summed E-state index contributed by atoms with van der Waals surface area (Å²) in [5.41, 5.74) is 3.60. The highest BCUT2D eigenvalue weighted by Gasteiger charge is 2.44. The Morgan fingerprint density at radius 3 is 2.34 bits per heavy atom. The van der Waals surface area contributed by atoms with Crippen LogP contribution < -0.4 is 5.32 Å². The van der Waals surface area contributed by atoms with Crippen molar-refractivity contribution in [2.45, 2.75) is 43.4 Å². The normalized spacial score (nSPS) is 14.3. The lowest BCUT2D eigenvalue weighted by Crippen LogP contribution is -2.39. The summed E-state index contributed by atoms with van der Waals surface area (Å²) >= 11 is 0. The quantitative estimate of drug-likeness (QED) is 0.472. The molecule has 0 aromatic heterocycles. The van der Waals surface area contributed by atoms with Crippen LogP contribution in [-0.4, -0.2) is 31.7 Å². The van der Waals surface area contributed by atoms with Gasteiger partial charge in [0.1, 0.15) is 0 Å². The van der Waals surface area contributed by atoms with Gasteiger partial charge in [-0.15, -0.1) is 0 Å². The van der Waals surface area contributed by atoms with E-state index in [1.165, 1.54) is 4.31 Å². The second-order valence-electron chi connectivity index (χ2n) is 9.16. The van der Waals surface area contributed by atoms with E-state index in [2.05, 4.69) is 11.4 Å². The van der Waals surface area contributed by atoms with Crippen LogP contribution in [0.15, 0.2) is 77.7 Å². The fourth-order valence-corrected chi connectivity index (χ4v) is 5.84. The molecule has 35 heavy (non-hydrogen) atoms. The molecule has 6 nitrogen and oxygen atoms in total. The van der Waals surface area contributed by atoms with Crippen molar-refractivity contribution in [3.63, 3.8) is 0 Å². The number of nitriles is 1. The van der Waals surface area contributed by atoms with E-state index in [0.29, 0.717) is 17.7 Å². The van der Waals surface area contributed by atoms with Gasteiger partial charge in [-0.2, -0.15) is 9.57 Å². The molecule has 1 fully saturated rings. The average Bonchev–Trinajstić information content (AvgIpc) is 3.65. The zero-order chi connectivity index (χ0) is 25.1. The van der Waals surface area contributed by atoms with Gasteiger partial charge < -0.3 is 5.32 Å². The Bertz CT molecular complexity index is 1360. The molecule has 0 atom stereocenters. The van der Waals surface area contributed by atoms with Crippen LogP contribution in [0.3, 0.4) is 0 Å². The molecule has 0 bridgehead atoms. The zero-order valence-corrected chi connectivity index (χ0v) is 20.8. The summed E-state index contributed by atoms with van der Waals surface area (Å²) in [6.07, 6.45) is 2.19. The second-order valence-corrected chi connectivity index (χ2v) is 11.1. The van der Waals surface area contributed by atoms with E-state index in [1.54, 1.807) is 31.2 Å². The molecule has 1 saturated carbocycles. The van der Waals surface area contributed by atoms with Gasteiger partial charge in [0.05, 0.1) is 22.9 Å². The minimum absolute atomic E-state index is 0.177. The first-order chi connectivity index (χ1) is 16.7. The number of amides is 1. The molecule has 0 unspecified atom stereocenters. The summed E-state index contributed by atoms with van der Waals surface area (Å²) < 4.78 is 28.5. The molecule has 1 N–H and O–H groups in total. The molecular weight excluding hydrogens is 458 g/mol. The number of carbonyl (C=O) groups excluding carboxylic acids is 1. The Morgan fingerprint density at radius 2 is 1.71 bits per heavy atom. The van der Waals surface area contributed by atoms with Crippen molar-refractivity contribution < 1.29 is 13.2 Å². The van der Waals surface area contributed by atoms with E-state index in [-0.39, 0.29) is 18.0 Å². The zero-order valence-electron chi connectivity index (χ0n) is 20.0. The third kappa shape index (κ3) is 5.61. The molecule has 1 aliphatic rings. The van der Waals surface area contributed by atoms with Crippen molar-refractivity contribution in [1.82, 2.24) is 4.31 Å². The molecule has 7 heteroatoms. The molecule has 0 radical (unpaired) electrons. The lowest BCUT2D eigenvalue weighted by Gasteiger charge is -2.23. The van der Waals surface area contributed by atoms with Crippen molar-refractivity contribution in [1.29, 1.82) is 5.26 Å². The van der Waals surface area contributed by atoms with Crippen LogP contribution in [0.1, 0.15) is 35.1 Å². The summed E-state index contributed by atoms with van der Waals surface area (Å²) in [7, 11) is -3.90. The number of nitrogens with zero attached hydrogens (tertiary/aromatic N) is 2. The molecule has 0 saturated heterocycles. The number of aryl methyl sites for hydroxylation is 2. The third-order valence-corrected chi connectivity index (χ3v) is 8.45. The van der Waals surface area contributed by atoms with Crippen LogP contribution >= 0.6 is 0 Å². The van der Waals surface area contributed by atoms with Gasteiger partial charge >= 0.3 is 0 Å². The molecule has 4 rings (SSSR count). The predicted octanol–water partition coefficient (Wildman–Crippen LogP) is 4.73. The lowest BCUT2D eigenvalue weighted by atomic mass is 9.98. The maximum absolute atomic E-state index is 13.6. The monoisotopic (exact) mass is 487 g/mol. The highest BCUT2D eigenvalue weighted by Crippen LogP contribution is 2.47. The summed E-state index contributed by atoms with van der Waals surface area (Å²) in [5, 5.41) is 12.2. The van der Waals surface area contributed by atoms with E-state index in [4.69, 9.17) is 0 Å². The van der Waals surface area contributed by atoms with Gasteiger partial charge in [-0.25, -0.2) is 8.42 Å². The molecule has 3 aromatic rings. The number of hydrogen-bond acceptors (Lipinski definition) is 4. The topological polar surface area (TPSA) is 90.3 Å². The molecular formula is C28H29N3O3S. The Morgan fingerprint density at radius 1 is 1.03 bits per heavy atom. The SMILES string of the molecule is Cc1ccc(C)c(S(=O)(=O)N(CCc2ccccc2)CC(=O)Nc2ccc(C3(C#N)CC3)cc2)c1. The molecule has 0 heterocycles. The van der Waals surface area contributed by atoms with Gasteiger partial charge in [-0.1, -0.05) is 54.6 Å². The van der Waals surface area contributed by atoms with E-state index in [0.717, 1.165) is 29.5 Å². The summed E-state index contributed by atoms with van der Waals surface area (Å²) in [4.78, 5) is 13.2. The van der Waals surface area contributed by atoms with E-state index in [9.17, 15) is 18.5 Å². The first-order valence-corrected chi connectivity index (χ1v) is 13.1. The minimum atomic E-state index is -3.90. The number of rotatable bonds is 9. The van der Waals surface area contributed by atoms with Gasteiger partial charge in [0.2, 0.25) is 15.9 Å². The van der Waals surface area contributed by atoms with Gasteiger partial charge in [0.25, 0.3) is 0 Å². The Kier molecular flexibility index (Phi) is 7.06. The van der Waals surface area contributed by atoms with Gasteiger partial charge in [-0.3, -0.25) is 4.79 Å². The van der Waals surface area contributed by atoms with Crippen molar-refractivity contribution in [3.05, 3.63) is 95.1 Å². The summed E-state index contributed by atoms with van der Waals surface area (Å²) in [5.74, 6) is -0.416. The minimum Gasteiger partial charge on any atom is -0.325 e. The summed E-state index contributed by atoms with van der Waals surface area (Å²) in [6, 6.07) is 24.5. The Hall–Kier alpha value is -3.47. The highest BCUT2D eigenvalue weighted by atomic mass is 32.2. The predicted molar refractivity (Wildman–Crippen MR) is 136 cm³/mol. The average molecular weight is 488 g/mol. The first kappa shape index (κ1) is 24.6. The lowest BCUT2D eigenvalue weighted by molar-refractivity contribution is -0.116. The Labute approximate surface area is 207 Å². The van der Waals surface area contributed by atoms with Crippen molar-refractivity contribution in [3.8, 4) is 6.07 Å². The van der Waals surface area contributed by atoms with Crippen LogP contribution in [0.25, 0.3) is 0 Å². The number of anilines is 1. The molecule has 180 valence electrons. The van der Waals surface area contributed by atoms with E-state index in [1.807, 2.05) is 55.5 Å². The second kappa shape index (κ2) is 10.0. The van der Waals surface area contributed by atoms with Gasteiger partial charge in [-0.05, 0) is 73.6 Å². The van der Waals surface area contributed by atoms with Crippen LogP contribution in [0.5, 0.6) is 0 Å². The molecule has 3 aromatic carbocycles. The number of hydrogen-bond donors (Lipinski definition) is 1. The highest BCUT2D eigenvalue weighted by molar-refractivity contribution is 7.89. The smallest absolute Gasteiger partial charge is 0.243 e. The van der Waals surface area contributed by atoms with Crippen molar-refractivity contribution >= 4 is 21.6 Å². The number of benzene rings is 3. The number of carbonyl (C=O) groups is 1. The largest absolute Gasteiger partial charge is 0.325 e. The van der Waals surface area contributed by atoms with E-state index >= 15 is 0 Å². The summed E-state index contributed by atoms with van der Waals surface area (Å²) in [6.45, 7) is 3.49. The maximum Gasteiger partial charge on any atom is 0.243 e. The standard InChI is InChI=1S/C28H29N3O3S/c1-21-8-9-22(2)26(18-21)35(33,34)31(17-14-23-6-4-3-5-7-23)19-27(32)30-25-12-10-24(11-13-25)28(20-29)15-16-28/h3-13,18H,14-17,19H2,1-2H3,(H,30,32). The van der Waals surface area contributed by atoms with Crippen molar-refractivity contribution in [2.75, 3.05) is 18.4 Å². The molecule has 1 amide bonds. The number of sulfonamides is 1. The van der Waals surface area contributed by atoms with Gasteiger partial charge in [0.15, 0.2) is 0 Å². The van der Waals surface area contributed by atoms with Gasteiger partial charge in [0, 0.05) is 12.2 Å². The van der Waals surface area contributed by atoms with Crippen LogP contribution in [-0.2, 0) is 26.7 Å². The van der Waals surface area contributed by atoms with Crippen LogP contribution in [0, 0.1) is 25.2 Å². The third-order valence-electron chi connectivity index (χ3n) is 6.46. The molecule has 0 aliphatic heterocycles. The van der Waals surface area contributed by atoms with E-state index < -0.39 is 21.3 Å². The molecule has 0 spiro atoms. The maximum atomic E-state index is 13.6. The first-order valence-electron chi connectivity index (χ1n) is 11.7. The van der Waals surface area contributed by atoms with Crippen LogP contribution in [0.2, 0.25) is 0 Å². The fourth-order valence-electron chi connectivity index (χ4n) is 4.13. The molecule has 1 aliphatic carbocycles.